The van der Waals surface area contributed by atoms with Crippen LogP contribution in [0.25, 0.3) is 0 Å². The molecule has 7 nitrogen and oxygen atoms in total. The predicted octanol–water partition coefficient (Wildman–Crippen LogP) is 2.08. The van der Waals surface area contributed by atoms with Gasteiger partial charge in [-0.05, 0) is 52.6 Å². The fourth-order valence-corrected chi connectivity index (χ4v) is 3.76. The summed E-state index contributed by atoms with van der Waals surface area (Å²) >= 11 is 0. The molecule has 1 saturated heterocycles. The van der Waals surface area contributed by atoms with Gasteiger partial charge in [-0.1, -0.05) is 18.0 Å². The van der Waals surface area contributed by atoms with Crippen LogP contribution in [0.3, 0.4) is 0 Å². The molecular weight excluding hydrogens is 320 g/mol. The van der Waals surface area contributed by atoms with E-state index in [0.29, 0.717) is 17.6 Å². The molecule has 1 unspecified atom stereocenters. The number of carbonyl (C=O) groups is 2. The molecule has 0 aromatic carbocycles. The highest BCUT2D eigenvalue weighted by Crippen LogP contribution is 2.22. The highest BCUT2D eigenvalue weighted by molar-refractivity contribution is 5.91. The van der Waals surface area contributed by atoms with Gasteiger partial charge in [-0.25, -0.2) is 0 Å². The molecule has 3 rings (SSSR count). The molecule has 1 aliphatic carbocycles. The zero-order chi connectivity index (χ0) is 17.8. The van der Waals surface area contributed by atoms with Crippen molar-refractivity contribution >= 4 is 17.6 Å². The number of rotatable bonds is 5. The Morgan fingerprint density at radius 2 is 1.92 bits per heavy atom. The number of anilines is 1. The number of piperidine rings is 1. The first-order valence-corrected chi connectivity index (χ1v) is 9.31. The van der Waals surface area contributed by atoms with Gasteiger partial charge in [0, 0.05) is 18.0 Å². The summed E-state index contributed by atoms with van der Waals surface area (Å²) in [5, 5.41) is 9.77. The van der Waals surface area contributed by atoms with Gasteiger partial charge in [-0.2, -0.15) is 0 Å². The van der Waals surface area contributed by atoms with Crippen molar-refractivity contribution in [1.29, 1.82) is 0 Å². The summed E-state index contributed by atoms with van der Waals surface area (Å²) in [4.78, 5) is 26.9. The molecule has 138 valence electrons. The van der Waals surface area contributed by atoms with Gasteiger partial charge in [0.25, 0.3) is 0 Å². The smallest absolute Gasteiger partial charge is 0.237 e. The predicted molar refractivity (Wildman–Crippen MR) is 94.0 cm³/mol. The molecule has 2 aliphatic rings. The summed E-state index contributed by atoms with van der Waals surface area (Å²) in [7, 11) is 0. The third-order valence-electron chi connectivity index (χ3n) is 5.41. The summed E-state index contributed by atoms with van der Waals surface area (Å²) in [5.41, 5.74) is 0. The van der Waals surface area contributed by atoms with Crippen LogP contribution in [0.1, 0.15) is 51.2 Å². The van der Waals surface area contributed by atoms with Crippen LogP contribution in [0.4, 0.5) is 5.82 Å². The number of amides is 2. The van der Waals surface area contributed by atoms with Crippen molar-refractivity contribution in [3.63, 3.8) is 0 Å². The van der Waals surface area contributed by atoms with Gasteiger partial charge in [0.15, 0.2) is 5.82 Å². The number of nitrogens with one attached hydrogen (secondary N) is 2. The van der Waals surface area contributed by atoms with Crippen LogP contribution in [0, 0.1) is 12.8 Å². The van der Waals surface area contributed by atoms with Crippen molar-refractivity contribution in [3.8, 4) is 0 Å². The monoisotopic (exact) mass is 348 g/mol. The molecule has 1 aliphatic heterocycles. The van der Waals surface area contributed by atoms with E-state index >= 15 is 0 Å². The average Bonchev–Trinajstić information content (AvgIpc) is 3.26. The summed E-state index contributed by atoms with van der Waals surface area (Å²) in [5.74, 6) is 1.20. The SMILES string of the molecule is Cc1cc(NC(=O)C2CCN(C(C)C(=O)NC3CCCC3)CC2)no1. The Kier molecular flexibility index (Phi) is 5.73. The Morgan fingerprint density at radius 1 is 1.24 bits per heavy atom. The Hall–Kier alpha value is -1.89. The molecule has 2 amide bonds. The van der Waals surface area contributed by atoms with Gasteiger partial charge in [0.1, 0.15) is 5.76 Å². The van der Waals surface area contributed by atoms with Gasteiger partial charge in [0.05, 0.1) is 6.04 Å². The maximum atomic E-state index is 12.4. The summed E-state index contributed by atoms with van der Waals surface area (Å²) < 4.78 is 4.96. The van der Waals surface area contributed by atoms with Crippen molar-refractivity contribution in [2.75, 3.05) is 18.4 Å². The lowest BCUT2D eigenvalue weighted by molar-refractivity contribution is -0.127. The van der Waals surface area contributed by atoms with Crippen LogP contribution < -0.4 is 10.6 Å². The summed E-state index contributed by atoms with van der Waals surface area (Å²) in [6.07, 6.45) is 6.13. The number of aromatic nitrogens is 1. The van der Waals surface area contributed by atoms with Crippen LogP contribution in [0.2, 0.25) is 0 Å². The zero-order valence-electron chi connectivity index (χ0n) is 15.1. The first kappa shape index (κ1) is 17.9. The van der Waals surface area contributed by atoms with Crippen molar-refractivity contribution in [2.45, 2.75) is 64.5 Å². The molecule has 2 heterocycles. The minimum absolute atomic E-state index is 0.0176. The summed E-state index contributed by atoms with van der Waals surface area (Å²) in [6.45, 7) is 5.27. The van der Waals surface area contributed by atoms with Gasteiger partial charge >= 0.3 is 0 Å². The minimum Gasteiger partial charge on any atom is -0.360 e. The molecule has 1 saturated carbocycles. The molecule has 2 N–H and O–H groups in total. The van der Waals surface area contributed by atoms with E-state index in [1.165, 1.54) is 12.8 Å². The second kappa shape index (κ2) is 7.99. The van der Waals surface area contributed by atoms with E-state index in [1.807, 2.05) is 6.92 Å². The third-order valence-corrected chi connectivity index (χ3v) is 5.41. The molecule has 0 radical (unpaired) electrons. The van der Waals surface area contributed by atoms with Crippen LogP contribution in [-0.2, 0) is 9.59 Å². The number of carbonyl (C=O) groups excluding carboxylic acids is 2. The molecule has 1 atom stereocenters. The van der Waals surface area contributed by atoms with E-state index in [4.69, 9.17) is 4.52 Å². The second-order valence-electron chi connectivity index (χ2n) is 7.29. The van der Waals surface area contributed by atoms with Gasteiger partial charge in [0.2, 0.25) is 11.8 Å². The fraction of sp³-hybridized carbons (Fsp3) is 0.722. The first-order chi connectivity index (χ1) is 12.0. The molecule has 0 spiro atoms. The lowest BCUT2D eigenvalue weighted by Gasteiger charge is -2.35. The second-order valence-corrected chi connectivity index (χ2v) is 7.29. The third kappa shape index (κ3) is 4.60. The summed E-state index contributed by atoms with van der Waals surface area (Å²) in [6, 6.07) is 1.93. The van der Waals surface area contributed by atoms with Crippen molar-refractivity contribution in [1.82, 2.24) is 15.4 Å². The Morgan fingerprint density at radius 3 is 2.52 bits per heavy atom. The number of nitrogens with zero attached hydrogens (tertiary/aromatic N) is 2. The minimum atomic E-state index is -0.136. The molecule has 1 aromatic rings. The topological polar surface area (TPSA) is 87.5 Å². The van der Waals surface area contributed by atoms with Crippen LogP contribution >= 0.6 is 0 Å². The molecule has 1 aromatic heterocycles. The first-order valence-electron chi connectivity index (χ1n) is 9.31. The largest absolute Gasteiger partial charge is 0.360 e. The maximum absolute atomic E-state index is 12.4. The molecule has 0 bridgehead atoms. The van der Waals surface area contributed by atoms with E-state index in [2.05, 4.69) is 20.7 Å². The van der Waals surface area contributed by atoms with E-state index in [1.54, 1.807) is 13.0 Å². The van der Waals surface area contributed by atoms with E-state index in [9.17, 15) is 9.59 Å². The molecular formula is C18H28N4O3. The van der Waals surface area contributed by atoms with E-state index in [0.717, 1.165) is 38.8 Å². The quantitative estimate of drug-likeness (QED) is 0.851. The average molecular weight is 348 g/mol. The zero-order valence-corrected chi connectivity index (χ0v) is 15.1. The maximum Gasteiger partial charge on any atom is 0.237 e. The number of aryl methyl sites for hydroxylation is 1. The van der Waals surface area contributed by atoms with Crippen LogP contribution in [0.5, 0.6) is 0 Å². The Bertz CT molecular complexity index is 601. The van der Waals surface area contributed by atoms with Crippen molar-refractivity contribution in [3.05, 3.63) is 11.8 Å². The van der Waals surface area contributed by atoms with Crippen LogP contribution in [-0.4, -0.2) is 47.0 Å². The molecule has 7 heteroatoms. The fourth-order valence-electron chi connectivity index (χ4n) is 3.76. The number of likely N-dealkylation sites (tertiary alicyclic amines) is 1. The van der Waals surface area contributed by atoms with Crippen LogP contribution in [0.15, 0.2) is 10.6 Å². The lowest BCUT2D eigenvalue weighted by atomic mass is 9.95. The molecule has 25 heavy (non-hydrogen) atoms. The number of hydrogen-bond donors (Lipinski definition) is 2. The highest BCUT2D eigenvalue weighted by Gasteiger charge is 2.31. The highest BCUT2D eigenvalue weighted by atomic mass is 16.5. The van der Waals surface area contributed by atoms with E-state index < -0.39 is 0 Å². The number of hydrogen-bond acceptors (Lipinski definition) is 5. The van der Waals surface area contributed by atoms with Crippen molar-refractivity contribution in [2.24, 2.45) is 5.92 Å². The lowest BCUT2D eigenvalue weighted by Crippen LogP contribution is -2.50. The Balaban J connectivity index is 1.44. The Labute approximate surface area is 148 Å². The van der Waals surface area contributed by atoms with Gasteiger partial charge in [-0.3, -0.25) is 14.5 Å². The van der Waals surface area contributed by atoms with Gasteiger partial charge in [-0.15, -0.1) is 0 Å². The normalized spacial score (nSPS) is 21.2. The van der Waals surface area contributed by atoms with E-state index in [-0.39, 0.29) is 23.8 Å². The van der Waals surface area contributed by atoms with Gasteiger partial charge < -0.3 is 15.2 Å². The molecule has 2 fully saturated rings. The van der Waals surface area contributed by atoms with Crippen molar-refractivity contribution < 1.29 is 14.1 Å². The standard InChI is InChI=1S/C18H28N4O3/c1-12-11-16(21-25-12)20-18(24)14-7-9-22(10-8-14)13(2)17(23)19-15-5-3-4-6-15/h11,13-15H,3-10H2,1-2H3,(H,19,23)(H,20,21,24).